The van der Waals surface area contributed by atoms with E-state index in [2.05, 4.69) is 136 Å². The summed E-state index contributed by atoms with van der Waals surface area (Å²) < 4.78 is 0.917. The minimum absolute atomic E-state index is 0.917. The Morgan fingerprint density at radius 3 is 1.10 bits per heavy atom. The molecule has 0 aliphatic heterocycles. The summed E-state index contributed by atoms with van der Waals surface area (Å²) >= 11 is 0. The first kappa shape index (κ1) is 20.8. The second-order valence-corrected chi connectivity index (χ2v) is 8.99. The fourth-order valence-electron chi connectivity index (χ4n) is 4.05. The van der Waals surface area contributed by atoms with Gasteiger partial charge in [0.05, 0.1) is 21.1 Å². The normalized spacial score (nSPS) is 11.2. The topological polar surface area (TPSA) is 0 Å². The van der Waals surface area contributed by atoms with E-state index in [0.29, 0.717) is 0 Å². The number of hydrogen-bond acceptors (Lipinski definition) is 0. The van der Waals surface area contributed by atoms with Crippen molar-refractivity contribution in [1.82, 2.24) is 0 Å². The summed E-state index contributed by atoms with van der Waals surface area (Å²) in [5, 5.41) is 0. The Balaban J connectivity index is 1.96. The van der Waals surface area contributed by atoms with Crippen LogP contribution in [0.25, 0.3) is 11.1 Å². The van der Waals surface area contributed by atoms with Gasteiger partial charge in [-0.3, -0.25) is 0 Å². The summed E-state index contributed by atoms with van der Waals surface area (Å²) in [6, 6.07) is 41.3. The molecule has 0 saturated heterocycles. The minimum atomic E-state index is 0.917. The van der Waals surface area contributed by atoms with Gasteiger partial charge in [-0.2, -0.15) is 0 Å². The molecule has 1 nitrogen and oxygen atoms in total. The van der Waals surface area contributed by atoms with Crippen LogP contribution in [-0.2, 0) is 6.54 Å². The van der Waals surface area contributed by atoms with Gasteiger partial charge in [-0.1, -0.05) is 115 Å². The van der Waals surface area contributed by atoms with E-state index in [9.17, 15) is 0 Å². The van der Waals surface area contributed by atoms with E-state index in [0.717, 1.165) is 11.0 Å². The smallest absolute Gasteiger partial charge is 0.104 e. The summed E-state index contributed by atoms with van der Waals surface area (Å²) in [6.07, 6.45) is 0. The first-order valence-corrected chi connectivity index (χ1v) is 10.8. The van der Waals surface area contributed by atoms with Crippen LogP contribution in [0.4, 0.5) is 0 Å². The Morgan fingerprint density at radius 2 is 0.774 bits per heavy atom. The molecule has 0 unspecified atom stereocenters. The van der Waals surface area contributed by atoms with E-state index in [1.807, 2.05) is 0 Å². The summed E-state index contributed by atoms with van der Waals surface area (Å²) in [6.45, 7) is 1.01. The van der Waals surface area contributed by atoms with Crippen LogP contribution in [-0.4, -0.2) is 25.6 Å². The van der Waals surface area contributed by atoms with E-state index in [4.69, 9.17) is 0 Å². The third-order valence-corrected chi connectivity index (χ3v) is 5.34. The number of nitrogens with zero attached hydrogens (tertiary/aromatic N) is 1. The van der Waals surface area contributed by atoms with E-state index < -0.39 is 0 Å². The summed E-state index contributed by atoms with van der Waals surface area (Å²) in [4.78, 5) is 0. The van der Waals surface area contributed by atoms with Crippen molar-refractivity contribution >= 4 is 11.1 Å². The van der Waals surface area contributed by atoms with Crippen molar-refractivity contribution in [3.05, 3.63) is 143 Å². The fraction of sp³-hybridized carbons (Fsp3) is 0.133. The summed E-state index contributed by atoms with van der Waals surface area (Å²) in [7, 11) is 6.68. The zero-order valence-corrected chi connectivity index (χ0v) is 18.6. The minimum Gasteiger partial charge on any atom is -0.327 e. The standard InChI is InChI=1S/C30H30N/c1-31(2,3)23-24-19-21-28(22-20-24)30(27-17-11-6-12-18-27)29(25-13-7-4-8-14-25)26-15-9-5-10-16-26/h4-22H,23H2,1-3H3/q+1. The molecule has 0 atom stereocenters. The highest BCUT2D eigenvalue weighted by Gasteiger charge is 2.16. The van der Waals surface area contributed by atoms with Crippen LogP contribution in [0.1, 0.15) is 27.8 Å². The van der Waals surface area contributed by atoms with Crippen LogP contribution in [0.3, 0.4) is 0 Å². The lowest BCUT2D eigenvalue weighted by molar-refractivity contribution is -0.884. The zero-order valence-electron chi connectivity index (χ0n) is 18.6. The maximum absolute atomic E-state index is 2.28. The van der Waals surface area contributed by atoms with Crippen LogP contribution >= 0.6 is 0 Å². The Hall–Kier alpha value is -3.42. The Morgan fingerprint density at radius 1 is 0.452 bits per heavy atom. The highest BCUT2D eigenvalue weighted by Crippen LogP contribution is 2.36. The fourth-order valence-corrected chi connectivity index (χ4v) is 4.05. The monoisotopic (exact) mass is 404 g/mol. The number of rotatable bonds is 6. The molecule has 0 spiro atoms. The van der Waals surface area contributed by atoms with Crippen LogP contribution in [0.15, 0.2) is 115 Å². The predicted molar refractivity (Wildman–Crippen MR) is 133 cm³/mol. The van der Waals surface area contributed by atoms with Crippen LogP contribution < -0.4 is 0 Å². The van der Waals surface area contributed by atoms with Crippen molar-refractivity contribution in [3.63, 3.8) is 0 Å². The third-order valence-electron chi connectivity index (χ3n) is 5.34. The van der Waals surface area contributed by atoms with Gasteiger partial charge < -0.3 is 4.48 Å². The highest BCUT2D eigenvalue weighted by molar-refractivity contribution is 6.04. The SMILES string of the molecule is C[N+](C)(C)Cc1ccc(C(=C(c2ccccc2)c2ccccc2)c2ccccc2)cc1. The van der Waals surface area contributed by atoms with Crippen molar-refractivity contribution in [2.24, 2.45) is 0 Å². The molecular formula is C30H30N+. The van der Waals surface area contributed by atoms with Gasteiger partial charge >= 0.3 is 0 Å². The summed E-state index contributed by atoms with van der Waals surface area (Å²) in [5.41, 5.74) is 8.78. The molecule has 0 amide bonds. The molecule has 31 heavy (non-hydrogen) atoms. The molecule has 0 saturated carbocycles. The van der Waals surface area contributed by atoms with Gasteiger partial charge in [0.2, 0.25) is 0 Å². The molecule has 0 aliphatic carbocycles. The van der Waals surface area contributed by atoms with Crippen LogP contribution in [0.2, 0.25) is 0 Å². The lowest BCUT2D eigenvalue weighted by Crippen LogP contribution is -2.33. The van der Waals surface area contributed by atoms with E-state index in [-0.39, 0.29) is 0 Å². The molecule has 0 N–H and O–H groups in total. The maximum Gasteiger partial charge on any atom is 0.104 e. The van der Waals surface area contributed by atoms with E-state index in [1.165, 1.54) is 39.0 Å². The zero-order chi connectivity index (χ0) is 21.7. The van der Waals surface area contributed by atoms with Gasteiger partial charge in [-0.15, -0.1) is 0 Å². The Kier molecular flexibility index (Phi) is 6.16. The molecular weight excluding hydrogens is 374 g/mol. The quantitative estimate of drug-likeness (QED) is 0.242. The van der Waals surface area contributed by atoms with Crippen molar-refractivity contribution in [2.45, 2.75) is 6.54 Å². The van der Waals surface area contributed by atoms with Crippen molar-refractivity contribution in [3.8, 4) is 0 Å². The maximum atomic E-state index is 2.28. The van der Waals surface area contributed by atoms with Crippen LogP contribution in [0.5, 0.6) is 0 Å². The molecule has 0 aromatic heterocycles. The average Bonchev–Trinajstić information content (AvgIpc) is 2.79. The molecule has 0 aliphatic rings. The summed E-state index contributed by atoms with van der Waals surface area (Å²) in [5.74, 6) is 0. The van der Waals surface area contributed by atoms with Gasteiger partial charge in [-0.25, -0.2) is 0 Å². The molecule has 0 bridgehead atoms. The molecule has 4 aromatic carbocycles. The van der Waals surface area contributed by atoms with E-state index >= 15 is 0 Å². The van der Waals surface area contributed by atoms with Gasteiger partial charge in [0, 0.05) is 5.56 Å². The van der Waals surface area contributed by atoms with Crippen molar-refractivity contribution in [1.29, 1.82) is 0 Å². The Bertz CT molecular complexity index is 1090. The molecule has 4 aromatic rings. The third kappa shape index (κ3) is 5.20. The first-order chi connectivity index (χ1) is 15.0. The molecule has 1 heteroatoms. The predicted octanol–water partition coefficient (Wildman–Crippen LogP) is 6.90. The van der Waals surface area contributed by atoms with Crippen molar-refractivity contribution < 1.29 is 4.48 Å². The lowest BCUT2D eigenvalue weighted by Gasteiger charge is -2.24. The molecule has 154 valence electrons. The second kappa shape index (κ2) is 9.16. The molecule has 0 fully saturated rings. The van der Waals surface area contributed by atoms with Gasteiger partial charge in [0.25, 0.3) is 0 Å². The second-order valence-electron chi connectivity index (χ2n) is 8.99. The van der Waals surface area contributed by atoms with Crippen molar-refractivity contribution in [2.75, 3.05) is 21.1 Å². The number of hydrogen-bond donors (Lipinski definition) is 0. The van der Waals surface area contributed by atoms with Crippen LogP contribution in [0, 0.1) is 0 Å². The highest BCUT2D eigenvalue weighted by atomic mass is 15.3. The number of benzene rings is 4. The Labute approximate surface area is 186 Å². The largest absolute Gasteiger partial charge is 0.327 e. The van der Waals surface area contributed by atoms with E-state index in [1.54, 1.807) is 0 Å². The molecule has 4 rings (SSSR count). The molecule has 0 radical (unpaired) electrons. The number of quaternary nitrogens is 1. The lowest BCUT2D eigenvalue weighted by atomic mass is 9.85. The van der Waals surface area contributed by atoms with Gasteiger partial charge in [-0.05, 0) is 33.4 Å². The molecule has 0 heterocycles. The van der Waals surface area contributed by atoms with Gasteiger partial charge in [0.1, 0.15) is 6.54 Å². The van der Waals surface area contributed by atoms with Gasteiger partial charge in [0.15, 0.2) is 0 Å². The first-order valence-electron chi connectivity index (χ1n) is 10.8. The average molecular weight is 405 g/mol.